The first-order valence-electron chi connectivity index (χ1n) is 11.8. The molecular weight excluding hydrogens is 455 g/mol. The molecule has 1 aromatic carbocycles. The molecule has 0 saturated carbocycles. The van der Waals surface area contributed by atoms with E-state index in [9.17, 15) is 9.18 Å². The zero-order valence-electron chi connectivity index (χ0n) is 20.1. The number of carbonyl (C=O) groups is 1. The Morgan fingerprint density at radius 3 is 2.67 bits per heavy atom. The summed E-state index contributed by atoms with van der Waals surface area (Å²) in [5.74, 6) is -0.656. The van der Waals surface area contributed by atoms with Gasteiger partial charge in [-0.2, -0.15) is 0 Å². The highest BCUT2D eigenvalue weighted by molar-refractivity contribution is 6.05. The van der Waals surface area contributed by atoms with Crippen molar-refractivity contribution in [3.63, 3.8) is 0 Å². The molecule has 1 aliphatic rings. The first-order valence-corrected chi connectivity index (χ1v) is 11.8. The maximum absolute atomic E-state index is 13.7. The molecule has 3 aromatic heterocycles. The molecule has 2 atom stereocenters. The molecule has 0 spiro atoms. The molecule has 1 aliphatic heterocycles. The summed E-state index contributed by atoms with van der Waals surface area (Å²) in [5.41, 5.74) is 6.22. The Bertz CT molecular complexity index is 1420. The zero-order chi connectivity index (χ0) is 25.1. The Kier molecular flexibility index (Phi) is 6.62. The fraction of sp³-hybridized carbons (Fsp3) is 0.207. The number of hydrogen-bond acceptors (Lipinski definition) is 6. The summed E-state index contributed by atoms with van der Waals surface area (Å²) in [6.07, 6.45) is 6.77. The van der Waals surface area contributed by atoms with Gasteiger partial charge >= 0.3 is 0 Å². The number of benzene rings is 1. The number of aromatic nitrogens is 3. The Morgan fingerprint density at radius 1 is 1.06 bits per heavy atom. The molecule has 180 valence electrons. The number of pyridine rings is 3. The number of nitrogens with zero attached hydrogens (tertiary/aromatic N) is 4. The molecule has 6 nitrogen and oxygen atoms in total. The van der Waals surface area contributed by atoms with Gasteiger partial charge in [0.05, 0.1) is 23.3 Å². The van der Waals surface area contributed by atoms with E-state index in [0.717, 1.165) is 40.0 Å². The third kappa shape index (κ3) is 5.20. The van der Waals surface area contributed by atoms with E-state index in [1.165, 1.54) is 6.07 Å². The van der Waals surface area contributed by atoms with Crippen molar-refractivity contribution in [3.05, 3.63) is 113 Å². The number of rotatable bonds is 7. The summed E-state index contributed by atoms with van der Waals surface area (Å²) in [6.45, 7) is 3.88. The smallest absolute Gasteiger partial charge is 0.174 e. The van der Waals surface area contributed by atoms with Crippen LogP contribution in [0.2, 0.25) is 0 Å². The molecule has 36 heavy (non-hydrogen) atoms. The molecule has 5 rings (SSSR count). The van der Waals surface area contributed by atoms with E-state index in [1.54, 1.807) is 18.6 Å². The van der Waals surface area contributed by atoms with Crippen LogP contribution in [0.1, 0.15) is 64.5 Å². The fourth-order valence-corrected chi connectivity index (χ4v) is 4.23. The lowest BCUT2D eigenvalue weighted by atomic mass is 9.91. The fourth-order valence-electron chi connectivity index (χ4n) is 4.23. The molecule has 7 heteroatoms. The quantitative estimate of drug-likeness (QED) is 0.293. The summed E-state index contributed by atoms with van der Waals surface area (Å²) in [5, 5.41) is 4.33. The summed E-state index contributed by atoms with van der Waals surface area (Å²) in [4.78, 5) is 31.9. The third-order valence-corrected chi connectivity index (χ3v) is 6.27. The van der Waals surface area contributed by atoms with Gasteiger partial charge in [0.15, 0.2) is 11.9 Å². The van der Waals surface area contributed by atoms with E-state index in [4.69, 9.17) is 4.84 Å². The number of oxime groups is 1. The standard InChI is InChI=1S/C29H25FN4O2/c1-18-6-7-25(33-15-18)20-10-21(27-14-29(36-34-27)26-5-3-4-8-32-26)12-22(11-20)28(35)9-19(2)23-13-24(30)17-31-16-23/h3-8,10-13,15-17,19,29H,9,14H2,1-2H3/t19-,29+/m1/s1. The first kappa shape index (κ1) is 23.5. The van der Waals surface area contributed by atoms with E-state index >= 15 is 0 Å². The highest BCUT2D eigenvalue weighted by atomic mass is 19.1. The van der Waals surface area contributed by atoms with Gasteiger partial charge in [0, 0.05) is 48.1 Å². The zero-order valence-corrected chi connectivity index (χ0v) is 20.1. The van der Waals surface area contributed by atoms with Crippen molar-refractivity contribution >= 4 is 11.5 Å². The first-order chi connectivity index (χ1) is 17.5. The van der Waals surface area contributed by atoms with E-state index in [1.807, 2.05) is 62.4 Å². The van der Waals surface area contributed by atoms with Crippen molar-refractivity contribution in [3.8, 4) is 11.3 Å². The average molecular weight is 481 g/mol. The normalized spacial score (nSPS) is 15.8. The van der Waals surface area contributed by atoms with E-state index < -0.39 is 5.82 Å². The van der Waals surface area contributed by atoms with Crippen LogP contribution in [-0.2, 0) is 4.84 Å². The maximum Gasteiger partial charge on any atom is 0.174 e. The lowest BCUT2D eigenvalue weighted by Crippen LogP contribution is -2.09. The number of carbonyl (C=O) groups excluding carboxylic acids is 1. The molecule has 0 amide bonds. The van der Waals surface area contributed by atoms with Gasteiger partial charge in [0.2, 0.25) is 0 Å². The van der Waals surface area contributed by atoms with Gasteiger partial charge in [-0.05, 0) is 66.4 Å². The van der Waals surface area contributed by atoms with E-state index in [2.05, 4.69) is 20.1 Å². The third-order valence-electron chi connectivity index (χ3n) is 6.27. The molecular formula is C29H25FN4O2. The maximum atomic E-state index is 13.7. The van der Waals surface area contributed by atoms with Gasteiger partial charge in [0.25, 0.3) is 0 Å². The predicted octanol–water partition coefficient (Wildman–Crippen LogP) is 6.23. The molecule has 0 bridgehead atoms. The van der Waals surface area contributed by atoms with E-state index in [-0.39, 0.29) is 24.2 Å². The molecule has 0 radical (unpaired) electrons. The van der Waals surface area contributed by atoms with Gasteiger partial charge < -0.3 is 4.84 Å². The van der Waals surface area contributed by atoms with Crippen LogP contribution in [0.5, 0.6) is 0 Å². The van der Waals surface area contributed by atoms with Crippen molar-refractivity contribution in [2.75, 3.05) is 0 Å². The number of aryl methyl sites for hydroxylation is 1. The van der Waals surface area contributed by atoms with Gasteiger partial charge in [-0.25, -0.2) is 4.39 Å². The second-order valence-corrected chi connectivity index (χ2v) is 9.08. The van der Waals surface area contributed by atoms with Gasteiger partial charge in [-0.3, -0.25) is 19.7 Å². The summed E-state index contributed by atoms with van der Waals surface area (Å²) < 4.78 is 13.7. The number of hydrogen-bond donors (Lipinski definition) is 0. The Balaban J connectivity index is 1.46. The number of Topliss-reactive ketones (excluding diaryl/α,β-unsaturated/α-hetero) is 1. The average Bonchev–Trinajstić information content (AvgIpc) is 3.40. The molecule has 4 aromatic rings. The molecule has 0 aliphatic carbocycles. The SMILES string of the molecule is Cc1ccc(-c2cc(C(=O)C[C@@H](C)c3cncc(F)c3)cc(C3=NO[C@H](c4ccccn4)C3)c2)nc1. The topological polar surface area (TPSA) is 77.3 Å². The Labute approximate surface area is 208 Å². The van der Waals surface area contributed by atoms with Gasteiger partial charge in [-0.15, -0.1) is 0 Å². The number of ketones is 1. The second-order valence-electron chi connectivity index (χ2n) is 9.08. The van der Waals surface area contributed by atoms with E-state index in [0.29, 0.717) is 17.5 Å². The van der Waals surface area contributed by atoms with Crippen LogP contribution in [0.4, 0.5) is 4.39 Å². The lowest BCUT2D eigenvalue weighted by Gasteiger charge is -2.13. The largest absolute Gasteiger partial charge is 0.385 e. The van der Waals surface area contributed by atoms with Crippen LogP contribution in [0.25, 0.3) is 11.3 Å². The van der Waals surface area contributed by atoms with Crippen LogP contribution in [0.3, 0.4) is 0 Å². The van der Waals surface area contributed by atoms with Crippen molar-refractivity contribution in [1.82, 2.24) is 15.0 Å². The minimum Gasteiger partial charge on any atom is -0.385 e. The highest BCUT2D eigenvalue weighted by Crippen LogP contribution is 2.31. The molecule has 4 heterocycles. The molecule has 0 fully saturated rings. The summed E-state index contributed by atoms with van der Waals surface area (Å²) in [7, 11) is 0. The second kappa shape index (κ2) is 10.2. The Hall–Kier alpha value is -4.26. The molecule has 0 N–H and O–H groups in total. The van der Waals surface area contributed by atoms with Gasteiger partial charge in [0.1, 0.15) is 5.82 Å². The van der Waals surface area contributed by atoms with Crippen molar-refractivity contribution < 1.29 is 14.0 Å². The minimum atomic E-state index is -0.414. The van der Waals surface area contributed by atoms with Crippen molar-refractivity contribution in [2.45, 2.75) is 38.7 Å². The Morgan fingerprint density at radius 2 is 1.92 bits per heavy atom. The predicted molar refractivity (Wildman–Crippen MR) is 135 cm³/mol. The van der Waals surface area contributed by atoms with Crippen LogP contribution < -0.4 is 0 Å². The summed E-state index contributed by atoms with van der Waals surface area (Å²) >= 11 is 0. The molecule has 0 unspecified atom stereocenters. The number of halogens is 1. The summed E-state index contributed by atoms with van der Waals surface area (Å²) in [6, 6.07) is 16.7. The monoisotopic (exact) mass is 480 g/mol. The molecule has 0 saturated heterocycles. The van der Waals surface area contributed by atoms with Crippen molar-refractivity contribution in [2.24, 2.45) is 5.16 Å². The lowest BCUT2D eigenvalue weighted by molar-refractivity contribution is 0.0826. The van der Waals surface area contributed by atoms with Crippen LogP contribution in [0, 0.1) is 12.7 Å². The van der Waals surface area contributed by atoms with Crippen LogP contribution >= 0.6 is 0 Å². The van der Waals surface area contributed by atoms with Crippen LogP contribution in [-0.4, -0.2) is 26.4 Å². The minimum absolute atomic E-state index is 0.0530. The van der Waals surface area contributed by atoms with Crippen molar-refractivity contribution in [1.29, 1.82) is 0 Å². The van der Waals surface area contributed by atoms with Gasteiger partial charge in [-0.1, -0.05) is 24.2 Å². The van der Waals surface area contributed by atoms with Crippen LogP contribution in [0.15, 0.2) is 84.5 Å². The highest BCUT2D eigenvalue weighted by Gasteiger charge is 2.26.